The highest BCUT2D eigenvalue weighted by molar-refractivity contribution is 6.00. The fourth-order valence-corrected chi connectivity index (χ4v) is 3.47. The Balaban J connectivity index is 1.45. The number of ketones is 1. The van der Waals surface area contributed by atoms with Gasteiger partial charge in [-0.3, -0.25) is 14.5 Å². The number of hydrogen-bond donors (Lipinski definition) is 1. The van der Waals surface area contributed by atoms with Crippen LogP contribution in [0.2, 0.25) is 0 Å². The Morgan fingerprint density at radius 2 is 1.59 bits per heavy atom. The molecule has 1 N–H and O–H groups in total. The molecule has 2 aromatic rings. The third kappa shape index (κ3) is 6.24. The van der Waals surface area contributed by atoms with E-state index in [4.69, 9.17) is 0 Å². The van der Waals surface area contributed by atoms with Crippen molar-refractivity contribution >= 4 is 17.4 Å². The molecule has 29 heavy (non-hydrogen) atoms. The number of rotatable bonds is 7. The minimum absolute atomic E-state index is 0.00535. The Morgan fingerprint density at radius 3 is 2.24 bits per heavy atom. The second kappa shape index (κ2) is 9.81. The van der Waals surface area contributed by atoms with Crippen LogP contribution in [-0.2, 0) is 11.3 Å². The van der Waals surface area contributed by atoms with Crippen molar-refractivity contribution in [1.82, 2.24) is 9.80 Å². The monoisotopic (exact) mass is 393 g/mol. The van der Waals surface area contributed by atoms with Crippen molar-refractivity contribution in [3.8, 4) is 0 Å². The Kier molecular flexibility index (Phi) is 7.18. The van der Waals surface area contributed by atoms with Crippen LogP contribution in [0.1, 0.15) is 39.9 Å². The minimum Gasteiger partial charge on any atom is -0.326 e. The molecule has 0 unspecified atom stereocenters. The van der Waals surface area contributed by atoms with Crippen LogP contribution in [0.3, 0.4) is 0 Å². The number of piperazine rings is 1. The molecule has 2 aromatic carbocycles. The second-order valence-corrected chi connectivity index (χ2v) is 8.05. The first-order valence-corrected chi connectivity index (χ1v) is 10.3. The van der Waals surface area contributed by atoms with Crippen molar-refractivity contribution in [2.45, 2.75) is 33.2 Å². The summed E-state index contributed by atoms with van der Waals surface area (Å²) >= 11 is 0. The van der Waals surface area contributed by atoms with Crippen molar-refractivity contribution in [1.29, 1.82) is 0 Å². The quantitative estimate of drug-likeness (QED) is 0.730. The molecule has 1 amide bonds. The average Bonchev–Trinajstić information content (AvgIpc) is 2.71. The van der Waals surface area contributed by atoms with E-state index >= 15 is 0 Å². The lowest BCUT2D eigenvalue weighted by Gasteiger charge is -2.32. The van der Waals surface area contributed by atoms with Crippen molar-refractivity contribution in [2.24, 2.45) is 0 Å². The highest BCUT2D eigenvalue weighted by atomic mass is 16.2. The van der Waals surface area contributed by atoms with E-state index < -0.39 is 0 Å². The maximum absolute atomic E-state index is 12.3. The van der Waals surface area contributed by atoms with Gasteiger partial charge < -0.3 is 10.2 Å². The Labute approximate surface area is 173 Å². The summed E-state index contributed by atoms with van der Waals surface area (Å²) in [5.41, 5.74) is 4.95. The topological polar surface area (TPSA) is 52.7 Å². The van der Waals surface area contributed by atoms with E-state index in [-0.39, 0.29) is 24.5 Å². The number of hydrogen-bond acceptors (Lipinski definition) is 4. The summed E-state index contributed by atoms with van der Waals surface area (Å²) in [6.07, 6.45) is 0.407. The second-order valence-electron chi connectivity index (χ2n) is 8.05. The SMILES string of the molecule is Cc1ccc(C(=O)CCC(=O)Nc2ccc(CN3CCN(C)CC3)cc2)cc1C. The van der Waals surface area contributed by atoms with E-state index in [9.17, 15) is 9.59 Å². The molecule has 0 radical (unpaired) electrons. The third-order valence-corrected chi connectivity index (χ3v) is 5.65. The summed E-state index contributed by atoms with van der Waals surface area (Å²) in [4.78, 5) is 29.4. The average molecular weight is 394 g/mol. The molecule has 0 aromatic heterocycles. The Bertz CT molecular complexity index is 853. The molecule has 1 heterocycles. The van der Waals surface area contributed by atoms with E-state index in [1.807, 2.05) is 44.2 Å². The number of amides is 1. The molecule has 1 aliphatic heterocycles. The predicted octanol–water partition coefficient (Wildman–Crippen LogP) is 3.65. The highest BCUT2D eigenvalue weighted by Gasteiger charge is 2.14. The van der Waals surface area contributed by atoms with Crippen molar-refractivity contribution in [3.05, 3.63) is 64.7 Å². The minimum atomic E-state index is -0.131. The van der Waals surface area contributed by atoms with E-state index in [1.54, 1.807) is 0 Å². The van der Waals surface area contributed by atoms with Gasteiger partial charge in [-0.25, -0.2) is 0 Å². The number of nitrogens with zero attached hydrogens (tertiary/aromatic N) is 2. The molecule has 5 nitrogen and oxygen atoms in total. The van der Waals surface area contributed by atoms with Crippen LogP contribution in [-0.4, -0.2) is 54.7 Å². The van der Waals surface area contributed by atoms with Crippen molar-refractivity contribution in [2.75, 3.05) is 38.5 Å². The zero-order chi connectivity index (χ0) is 20.8. The summed E-state index contributed by atoms with van der Waals surface area (Å²) in [6.45, 7) is 9.34. The van der Waals surface area contributed by atoms with Gasteiger partial charge in [0, 0.05) is 56.8 Å². The maximum atomic E-state index is 12.3. The molecular formula is C24H31N3O2. The van der Waals surface area contributed by atoms with E-state index in [0.29, 0.717) is 5.56 Å². The number of aryl methyl sites for hydroxylation is 2. The number of carbonyl (C=O) groups excluding carboxylic acids is 2. The van der Waals surface area contributed by atoms with Gasteiger partial charge >= 0.3 is 0 Å². The number of benzene rings is 2. The largest absolute Gasteiger partial charge is 0.326 e. The lowest BCUT2D eigenvalue weighted by molar-refractivity contribution is -0.116. The van der Waals surface area contributed by atoms with E-state index in [2.05, 4.69) is 34.3 Å². The number of Topliss-reactive ketones (excluding diaryl/α,β-unsaturated/α-hetero) is 1. The summed E-state index contributed by atoms with van der Waals surface area (Å²) < 4.78 is 0. The van der Waals surface area contributed by atoms with Gasteiger partial charge in [0.2, 0.25) is 5.91 Å². The highest BCUT2D eigenvalue weighted by Crippen LogP contribution is 2.15. The van der Waals surface area contributed by atoms with Crippen molar-refractivity contribution in [3.63, 3.8) is 0 Å². The normalized spacial score (nSPS) is 15.3. The van der Waals surface area contributed by atoms with E-state index in [1.165, 1.54) is 5.56 Å². The van der Waals surface area contributed by atoms with E-state index in [0.717, 1.165) is 49.5 Å². The zero-order valence-electron chi connectivity index (χ0n) is 17.7. The maximum Gasteiger partial charge on any atom is 0.224 e. The summed E-state index contributed by atoms with van der Waals surface area (Å²) in [7, 11) is 2.16. The molecule has 1 aliphatic rings. The Hall–Kier alpha value is -2.50. The standard InChI is InChI=1S/C24H31N3O2/c1-18-4-7-21(16-19(18)2)23(28)10-11-24(29)25-22-8-5-20(6-9-22)17-27-14-12-26(3)13-15-27/h4-9,16H,10-15,17H2,1-3H3,(H,25,29). The molecule has 0 spiro atoms. The number of nitrogens with one attached hydrogen (secondary N) is 1. The lowest BCUT2D eigenvalue weighted by Crippen LogP contribution is -2.43. The fourth-order valence-electron chi connectivity index (χ4n) is 3.47. The summed E-state index contributed by atoms with van der Waals surface area (Å²) in [5.74, 6) is -0.125. The fraction of sp³-hybridized carbons (Fsp3) is 0.417. The van der Waals surface area contributed by atoms with Crippen LogP contribution in [0.4, 0.5) is 5.69 Å². The third-order valence-electron chi connectivity index (χ3n) is 5.65. The first-order chi connectivity index (χ1) is 13.9. The van der Waals surface area contributed by atoms with Gasteiger partial charge in [-0.15, -0.1) is 0 Å². The van der Waals surface area contributed by atoms with Gasteiger partial charge in [-0.05, 0) is 55.8 Å². The van der Waals surface area contributed by atoms with Crippen LogP contribution < -0.4 is 5.32 Å². The summed E-state index contributed by atoms with van der Waals surface area (Å²) in [5, 5.41) is 2.89. The molecule has 5 heteroatoms. The molecule has 154 valence electrons. The van der Waals surface area contributed by atoms with Crippen LogP contribution in [0, 0.1) is 13.8 Å². The first-order valence-electron chi connectivity index (χ1n) is 10.3. The van der Waals surface area contributed by atoms with Gasteiger partial charge in [-0.2, -0.15) is 0 Å². The molecule has 0 aliphatic carbocycles. The molecule has 1 saturated heterocycles. The number of anilines is 1. The lowest BCUT2D eigenvalue weighted by atomic mass is 10.0. The number of likely N-dealkylation sites (N-methyl/N-ethyl adjacent to an activating group) is 1. The van der Waals surface area contributed by atoms with Gasteiger partial charge in [-0.1, -0.05) is 24.3 Å². The predicted molar refractivity (Wildman–Crippen MR) is 117 cm³/mol. The molecule has 1 fully saturated rings. The van der Waals surface area contributed by atoms with Crippen LogP contribution in [0.15, 0.2) is 42.5 Å². The molecule has 3 rings (SSSR count). The summed E-state index contributed by atoms with van der Waals surface area (Å²) in [6, 6.07) is 13.7. The Morgan fingerprint density at radius 1 is 0.897 bits per heavy atom. The first kappa shape index (κ1) is 21.2. The van der Waals surface area contributed by atoms with Crippen LogP contribution >= 0.6 is 0 Å². The molecular weight excluding hydrogens is 362 g/mol. The van der Waals surface area contributed by atoms with Gasteiger partial charge in [0.15, 0.2) is 5.78 Å². The number of carbonyl (C=O) groups is 2. The molecule has 0 saturated carbocycles. The molecule has 0 bridgehead atoms. The molecule has 0 atom stereocenters. The zero-order valence-corrected chi connectivity index (χ0v) is 17.7. The van der Waals surface area contributed by atoms with Gasteiger partial charge in [0.25, 0.3) is 0 Å². The van der Waals surface area contributed by atoms with Crippen LogP contribution in [0.25, 0.3) is 0 Å². The van der Waals surface area contributed by atoms with Crippen molar-refractivity contribution < 1.29 is 9.59 Å². The van der Waals surface area contributed by atoms with Gasteiger partial charge in [0.05, 0.1) is 0 Å². The van der Waals surface area contributed by atoms with Gasteiger partial charge in [0.1, 0.15) is 0 Å². The van der Waals surface area contributed by atoms with Crippen LogP contribution in [0.5, 0.6) is 0 Å². The smallest absolute Gasteiger partial charge is 0.224 e.